The molecule has 0 spiro atoms. The van der Waals surface area contributed by atoms with Crippen molar-refractivity contribution in [3.63, 3.8) is 0 Å². The third-order valence-corrected chi connectivity index (χ3v) is 10.2. The van der Waals surface area contributed by atoms with Crippen LogP contribution < -0.4 is 0 Å². The zero-order valence-electron chi connectivity index (χ0n) is 26.6. The van der Waals surface area contributed by atoms with Gasteiger partial charge in [0.25, 0.3) is 0 Å². The van der Waals surface area contributed by atoms with Crippen LogP contribution in [0.4, 0.5) is 0 Å². The number of fused-ring (bicyclic) bond motifs is 6. The van der Waals surface area contributed by atoms with Crippen LogP contribution in [0.1, 0.15) is 41.0 Å². The third-order valence-electron chi connectivity index (χ3n) is 10.2. The molecular formula is C46H32N2. The Labute approximate surface area is 280 Å². The highest BCUT2D eigenvalue weighted by molar-refractivity contribution is 6.10. The van der Waals surface area contributed by atoms with E-state index < -0.39 is 0 Å². The molecule has 1 aromatic heterocycles. The van der Waals surface area contributed by atoms with Crippen LogP contribution in [0.3, 0.4) is 0 Å². The number of nitrogens with zero attached hydrogens (tertiary/aromatic N) is 2. The lowest BCUT2D eigenvalue weighted by molar-refractivity contribution is 0.650. The Morgan fingerprint density at radius 1 is 0.500 bits per heavy atom. The summed E-state index contributed by atoms with van der Waals surface area (Å²) in [6, 6.07) is 61.3. The molecule has 2 unspecified atom stereocenters. The molecule has 1 heterocycles. The van der Waals surface area contributed by atoms with E-state index in [2.05, 4.69) is 163 Å². The molecule has 0 fully saturated rings. The van der Waals surface area contributed by atoms with E-state index in [9.17, 15) is 5.26 Å². The number of rotatable bonds is 4. The first-order valence-corrected chi connectivity index (χ1v) is 16.6. The summed E-state index contributed by atoms with van der Waals surface area (Å²) in [6.07, 6.45) is 0. The van der Waals surface area contributed by atoms with E-state index in [4.69, 9.17) is 0 Å². The Kier molecular flexibility index (Phi) is 6.59. The van der Waals surface area contributed by atoms with Gasteiger partial charge in [-0.25, -0.2) is 0 Å². The van der Waals surface area contributed by atoms with Crippen LogP contribution in [-0.4, -0.2) is 4.57 Å². The lowest BCUT2D eigenvalue weighted by atomic mass is 9.69. The van der Waals surface area contributed by atoms with Gasteiger partial charge in [-0.2, -0.15) is 5.26 Å². The summed E-state index contributed by atoms with van der Waals surface area (Å²) in [5.74, 6) is 0.588. The summed E-state index contributed by atoms with van der Waals surface area (Å²) in [6.45, 7) is 2.39. The summed E-state index contributed by atoms with van der Waals surface area (Å²) in [5.41, 5.74) is 15.6. The monoisotopic (exact) mass is 612 g/mol. The molecule has 1 aliphatic rings. The number of para-hydroxylation sites is 1. The van der Waals surface area contributed by atoms with Crippen molar-refractivity contribution in [1.29, 1.82) is 5.26 Å². The highest BCUT2D eigenvalue weighted by atomic mass is 15.0. The van der Waals surface area contributed by atoms with E-state index in [0.717, 1.165) is 16.7 Å². The van der Waals surface area contributed by atoms with Crippen molar-refractivity contribution in [3.8, 4) is 45.1 Å². The molecule has 7 aromatic carbocycles. The van der Waals surface area contributed by atoms with Gasteiger partial charge in [0.1, 0.15) is 0 Å². The van der Waals surface area contributed by atoms with E-state index >= 15 is 0 Å². The van der Waals surface area contributed by atoms with Gasteiger partial charge >= 0.3 is 0 Å². The minimum Gasteiger partial charge on any atom is -0.309 e. The van der Waals surface area contributed by atoms with E-state index in [1.165, 1.54) is 60.8 Å². The molecule has 0 radical (unpaired) electrons. The first-order chi connectivity index (χ1) is 23.7. The molecule has 0 N–H and O–H groups in total. The first-order valence-electron chi connectivity index (χ1n) is 16.6. The number of hydrogen-bond donors (Lipinski definition) is 0. The lowest BCUT2D eigenvalue weighted by Gasteiger charge is -2.34. The maximum atomic E-state index is 9.58. The van der Waals surface area contributed by atoms with Crippen LogP contribution >= 0.6 is 0 Å². The van der Waals surface area contributed by atoms with E-state index in [1.807, 2.05) is 18.2 Å². The smallest absolute Gasteiger partial charge is 0.0992 e. The fraction of sp³-hybridized carbons (Fsp3) is 0.0652. The predicted octanol–water partition coefficient (Wildman–Crippen LogP) is 11.9. The molecule has 0 bridgehead atoms. The third kappa shape index (κ3) is 4.48. The highest BCUT2D eigenvalue weighted by Crippen LogP contribution is 2.51. The second-order valence-corrected chi connectivity index (χ2v) is 12.9. The van der Waals surface area contributed by atoms with Crippen molar-refractivity contribution in [2.45, 2.75) is 18.8 Å². The Hall–Kier alpha value is -6.17. The molecule has 2 atom stereocenters. The Morgan fingerprint density at radius 2 is 1.21 bits per heavy atom. The van der Waals surface area contributed by atoms with Crippen LogP contribution in [-0.2, 0) is 0 Å². The SMILES string of the molecule is CC1c2ccc(-c3ccc4c(c3)c3ccccc3n4-c3cccc(C#N)c3)cc2-c2ccccc2C1c1cccc(-c2ccccc2)c1. The number of aromatic nitrogens is 1. The molecule has 0 aliphatic heterocycles. The second-order valence-electron chi connectivity index (χ2n) is 12.9. The fourth-order valence-corrected chi connectivity index (χ4v) is 7.98. The Bertz CT molecular complexity index is 2550. The van der Waals surface area contributed by atoms with Gasteiger partial charge in [0.15, 0.2) is 0 Å². The summed E-state index contributed by atoms with van der Waals surface area (Å²) < 4.78 is 2.27. The first kappa shape index (κ1) is 28.1. The van der Waals surface area contributed by atoms with Crippen LogP contribution in [0.25, 0.3) is 60.9 Å². The lowest BCUT2D eigenvalue weighted by Crippen LogP contribution is -2.17. The van der Waals surface area contributed by atoms with E-state index in [0.29, 0.717) is 11.5 Å². The van der Waals surface area contributed by atoms with Gasteiger partial charge in [-0.15, -0.1) is 0 Å². The molecule has 1 aliphatic carbocycles. The molecule has 8 aromatic rings. The molecule has 2 heteroatoms. The van der Waals surface area contributed by atoms with Crippen LogP contribution in [0.15, 0.2) is 164 Å². The molecule has 9 rings (SSSR count). The zero-order valence-corrected chi connectivity index (χ0v) is 26.6. The van der Waals surface area contributed by atoms with Crippen molar-refractivity contribution in [2.24, 2.45) is 0 Å². The van der Waals surface area contributed by atoms with Gasteiger partial charge in [0.05, 0.1) is 22.7 Å². The number of benzene rings is 7. The molecule has 0 saturated heterocycles. The van der Waals surface area contributed by atoms with Crippen molar-refractivity contribution in [2.75, 3.05) is 0 Å². The topological polar surface area (TPSA) is 28.7 Å². The Balaban J connectivity index is 1.16. The van der Waals surface area contributed by atoms with E-state index in [-0.39, 0.29) is 5.92 Å². The average Bonchev–Trinajstić information content (AvgIpc) is 3.49. The highest BCUT2D eigenvalue weighted by Gasteiger charge is 2.32. The van der Waals surface area contributed by atoms with Crippen molar-refractivity contribution < 1.29 is 0 Å². The van der Waals surface area contributed by atoms with Crippen LogP contribution in [0, 0.1) is 11.3 Å². The predicted molar refractivity (Wildman–Crippen MR) is 199 cm³/mol. The number of hydrogen-bond acceptors (Lipinski definition) is 1. The normalized spacial score (nSPS) is 15.2. The summed E-state index contributed by atoms with van der Waals surface area (Å²) in [7, 11) is 0. The van der Waals surface area contributed by atoms with Gasteiger partial charge in [-0.05, 0) is 98.5 Å². The van der Waals surface area contributed by atoms with Gasteiger partial charge in [0, 0.05) is 22.4 Å². The molecular weight excluding hydrogens is 581 g/mol. The largest absolute Gasteiger partial charge is 0.309 e. The fourth-order valence-electron chi connectivity index (χ4n) is 7.98. The molecule has 0 amide bonds. The van der Waals surface area contributed by atoms with Crippen molar-refractivity contribution in [3.05, 3.63) is 186 Å². The van der Waals surface area contributed by atoms with Gasteiger partial charge in [0.2, 0.25) is 0 Å². The molecule has 48 heavy (non-hydrogen) atoms. The zero-order chi connectivity index (χ0) is 32.2. The van der Waals surface area contributed by atoms with Gasteiger partial charge in [-0.3, -0.25) is 0 Å². The van der Waals surface area contributed by atoms with Crippen molar-refractivity contribution >= 4 is 21.8 Å². The quantitative estimate of drug-likeness (QED) is 0.194. The molecule has 2 nitrogen and oxygen atoms in total. The maximum absolute atomic E-state index is 9.58. The Morgan fingerprint density at radius 3 is 2.10 bits per heavy atom. The average molecular weight is 613 g/mol. The second kappa shape index (κ2) is 11.3. The van der Waals surface area contributed by atoms with Crippen LogP contribution in [0.2, 0.25) is 0 Å². The maximum Gasteiger partial charge on any atom is 0.0992 e. The van der Waals surface area contributed by atoms with Gasteiger partial charge in [-0.1, -0.05) is 128 Å². The summed E-state index contributed by atoms with van der Waals surface area (Å²) >= 11 is 0. The minimum absolute atomic E-state index is 0.269. The van der Waals surface area contributed by atoms with E-state index in [1.54, 1.807) is 0 Å². The van der Waals surface area contributed by atoms with Crippen LogP contribution in [0.5, 0.6) is 0 Å². The summed E-state index contributed by atoms with van der Waals surface area (Å²) in [5, 5.41) is 12.0. The molecule has 226 valence electrons. The minimum atomic E-state index is 0.269. The number of nitriles is 1. The standard InChI is InChI=1S/C46H32N2/c1-30-38-23-21-34(35-22-24-45-43(28-35)40-18-7-8-20-44(40)48(45)37-16-9-11-31(25-37)29-47)27-42(38)39-17-5-6-19-41(39)46(30)36-15-10-14-33(26-36)32-12-3-2-4-13-32/h2-28,30,46H,1H3. The molecule has 0 saturated carbocycles. The summed E-state index contributed by atoms with van der Waals surface area (Å²) in [4.78, 5) is 0. The van der Waals surface area contributed by atoms with Crippen molar-refractivity contribution in [1.82, 2.24) is 4.57 Å². The van der Waals surface area contributed by atoms with Gasteiger partial charge < -0.3 is 4.57 Å².